The molecule has 0 saturated heterocycles. The molecule has 2 rings (SSSR count). The molecule has 0 aliphatic heterocycles. The van der Waals surface area contributed by atoms with Crippen LogP contribution >= 0.6 is 0 Å². The SMILES string of the molecule is C/C=C\C(=C/C)CCc1nc2ccccc2[nH]c1=O.CC. The Labute approximate surface area is 126 Å². The highest BCUT2D eigenvalue weighted by molar-refractivity contribution is 5.73. The van der Waals surface area contributed by atoms with Gasteiger partial charge in [-0.2, -0.15) is 0 Å². The molecule has 0 spiro atoms. The molecule has 0 saturated carbocycles. The number of para-hydroxylation sites is 2. The fourth-order valence-corrected chi connectivity index (χ4v) is 2.04. The molecule has 0 atom stereocenters. The molecular formula is C18H24N2O. The Balaban J connectivity index is 0.00000106. The van der Waals surface area contributed by atoms with E-state index in [2.05, 4.69) is 22.1 Å². The average molecular weight is 284 g/mol. The van der Waals surface area contributed by atoms with Gasteiger partial charge in [0.15, 0.2) is 0 Å². The van der Waals surface area contributed by atoms with E-state index in [4.69, 9.17) is 0 Å². The maximum absolute atomic E-state index is 11.9. The number of hydrogen-bond donors (Lipinski definition) is 1. The van der Waals surface area contributed by atoms with E-state index in [9.17, 15) is 4.79 Å². The van der Waals surface area contributed by atoms with E-state index in [1.807, 2.05) is 58.0 Å². The van der Waals surface area contributed by atoms with Gasteiger partial charge in [-0.1, -0.05) is 49.8 Å². The smallest absolute Gasteiger partial charge is 0.270 e. The molecule has 0 aliphatic carbocycles. The van der Waals surface area contributed by atoms with E-state index < -0.39 is 0 Å². The first-order chi connectivity index (χ1) is 10.2. The van der Waals surface area contributed by atoms with Crippen LogP contribution in [0.2, 0.25) is 0 Å². The first-order valence-electron chi connectivity index (χ1n) is 7.50. The molecule has 3 nitrogen and oxygen atoms in total. The molecule has 0 bridgehead atoms. The monoisotopic (exact) mass is 284 g/mol. The highest BCUT2D eigenvalue weighted by atomic mass is 16.1. The van der Waals surface area contributed by atoms with Gasteiger partial charge in [-0.05, 0) is 38.8 Å². The predicted molar refractivity (Wildman–Crippen MR) is 90.6 cm³/mol. The number of aryl methyl sites for hydroxylation is 1. The quantitative estimate of drug-likeness (QED) is 0.846. The summed E-state index contributed by atoms with van der Waals surface area (Å²) >= 11 is 0. The Morgan fingerprint density at radius 3 is 2.62 bits per heavy atom. The minimum absolute atomic E-state index is 0.0883. The lowest BCUT2D eigenvalue weighted by Crippen LogP contribution is -2.15. The zero-order chi connectivity index (χ0) is 15.7. The van der Waals surface area contributed by atoms with Crippen molar-refractivity contribution in [2.45, 2.75) is 40.5 Å². The largest absolute Gasteiger partial charge is 0.319 e. The maximum atomic E-state index is 11.9. The third-order valence-electron chi connectivity index (χ3n) is 3.07. The average Bonchev–Trinajstić information content (AvgIpc) is 2.53. The molecule has 1 N–H and O–H groups in total. The molecule has 0 fully saturated rings. The van der Waals surface area contributed by atoms with Crippen LogP contribution in [-0.4, -0.2) is 9.97 Å². The van der Waals surface area contributed by atoms with Crippen LogP contribution in [0.15, 0.2) is 52.9 Å². The topological polar surface area (TPSA) is 45.8 Å². The van der Waals surface area contributed by atoms with E-state index in [1.165, 1.54) is 5.57 Å². The van der Waals surface area contributed by atoms with Gasteiger partial charge in [-0.3, -0.25) is 4.79 Å². The molecule has 112 valence electrons. The van der Waals surface area contributed by atoms with Crippen LogP contribution in [0.4, 0.5) is 0 Å². The molecule has 0 aliphatic rings. The van der Waals surface area contributed by atoms with E-state index in [0.717, 1.165) is 17.5 Å². The molecule has 0 amide bonds. The molecule has 0 unspecified atom stereocenters. The van der Waals surface area contributed by atoms with Crippen molar-refractivity contribution in [3.63, 3.8) is 0 Å². The maximum Gasteiger partial charge on any atom is 0.270 e. The molecule has 21 heavy (non-hydrogen) atoms. The lowest BCUT2D eigenvalue weighted by molar-refractivity contribution is 0.896. The molecule has 0 radical (unpaired) electrons. The Kier molecular flexibility index (Phi) is 7.16. The second-order valence-electron chi connectivity index (χ2n) is 4.39. The van der Waals surface area contributed by atoms with E-state index in [1.54, 1.807) is 0 Å². The van der Waals surface area contributed by atoms with Gasteiger partial charge in [-0.15, -0.1) is 0 Å². The highest BCUT2D eigenvalue weighted by Crippen LogP contribution is 2.10. The fraction of sp³-hybridized carbons (Fsp3) is 0.333. The number of aromatic nitrogens is 2. The van der Waals surface area contributed by atoms with Crippen LogP contribution in [0, 0.1) is 0 Å². The van der Waals surface area contributed by atoms with Crippen LogP contribution in [0.5, 0.6) is 0 Å². The summed E-state index contributed by atoms with van der Waals surface area (Å²) in [7, 11) is 0. The van der Waals surface area contributed by atoms with Crippen molar-refractivity contribution in [3.8, 4) is 0 Å². The van der Waals surface area contributed by atoms with Crippen LogP contribution in [-0.2, 0) is 6.42 Å². The van der Waals surface area contributed by atoms with Crippen molar-refractivity contribution in [1.29, 1.82) is 0 Å². The summed E-state index contributed by atoms with van der Waals surface area (Å²) in [5.74, 6) is 0. The Bertz CT molecular complexity index is 681. The second-order valence-corrected chi connectivity index (χ2v) is 4.39. The van der Waals surface area contributed by atoms with E-state index in [-0.39, 0.29) is 5.56 Å². The van der Waals surface area contributed by atoms with Crippen molar-refractivity contribution < 1.29 is 0 Å². The number of aromatic amines is 1. The van der Waals surface area contributed by atoms with Gasteiger partial charge >= 0.3 is 0 Å². The minimum Gasteiger partial charge on any atom is -0.319 e. The van der Waals surface area contributed by atoms with Gasteiger partial charge in [0.05, 0.1) is 11.0 Å². The Morgan fingerprint density at radius 1 is 1.24 bits per heavy atom. The summed E-state index contributed by atoms with van der Waals surface area (Å²) < 4.78 is 0. The van der Waals surface area contributed by atoms with Gasteiger partial charge < -0.3 is 4.98 Å². The number of fused-ring (bicyclic) bond motifs is 1. The Hall–Kier alpha value is -2.16. The number of benzene rings is 1. The number of H-pyrrole nitrogens is 1. The summed E-state index contributed by atoms with van der Waals surface area (Å²) in [6.07, 6.45) is 7.62. The zero-order valence-electron chi connectivity index (χ0n) is 13.3. The molecule has 3 heteroatoms. The summed E-state index contributed by atoms with van der Waals surface area (Å²) in [5.41, 5.74) is 3.36. The lowest BCUT2D eigenvalue weighted by Gasteiger charge is -2.03. The van der Waals surface area contributed by atoms with Crippen LogP contribution < -0.4 is 5.56 Å². The Morgan fingerprint density at radius 2 is 1.95 bits per heavy atom. The van der Waals surface area contributed by atoms with Crippen molar-refractivity contribution in [3.05, 3.63) is 64.1 Å². The number of rotatable bonds is 4. The van der Waals surface area contributed by atoms with Crippen LogP contribution in [0.25, 0.3) is 11.0 Å². The summed E-state index contributed by atoms with van der Waals surface area (Å²) in [4.78, 5) is 19.3. The van der Waals surface area contributed by atoms with Crippen LogP contribution in [0.3, 0.4) is 0 Å². The molecular weight excluding hydrogens is 260 g/mol. The molecule has 2 aromatic rings. The van der Waals surface area contributed by atoms with Crippen LogP contribution in [0.1, 0.15) is 39.8 Å². The second kappa shape index (κ2) is 8.90. The number of nitrogens with one attached hydrogen (secondary N) is 1. The number of hydrogen-bond acceptors (Lipinski definition) is 2. The van der Waals surface area contributed by atoms with Crippen molar-refractivity contribution >= 4 is 11.0 Å². The molecule has 1 aromatic heterocycles. The summed E-state index contributed by atoms with van der Waals surface area (Å²) in [6, 6.07) is 7.60. The third-order valence-corrected chi connectivity index (χ3v) is 3.07. The van der Waals surface area contributed by atoms with E-state index in [0.29, 0.717) is 12.1 Å². The zero-order valence-corrected chi connectivity index (χ0v) is 13.3. The van der Waals surface area contributed by atoms with Gasteiger partial charge in [-0.25, -0.2) is 4.98 Å². The van der Waals surface area contributed by atoms with E-state index >= 15 is 0 Å². The third kappa shape index (κ3) is 4.71. The minimum atomic E-state index is -0.0883. The van der Waals surface area contributed by atoms with Crippen molar-refractivity contribution in [1.82, 2.24) is 9.97 Å². The van der Waals surface area contributed by atoms with Crippen molar-refractivity contribution in [2.75, 3.05) is 0 Å². The first-order valence-corrected chi connectivity index (χ1v) is 7.50. The summed E-state index contributed by atoms with van der Waals surface area (Å²) in [5, 5.41) is 0. The number of allylic oxidation sites excluding steroid dienone is 4. The lowest BCUT2D eigenvalue weighted by atomic mass is 10.1. The van der Waals surface area contributed by atoms with Gasteiger partial charge in [0.2, 0.25) is 0 Å². The standard InChI is InChI=1S/C16H18N2O.C2H6/c1-3-7-12(4-2)10-11-15-16(19)18-14-9-6-5-8-13(14)17-15;1-2/h3-9H,10-11H2,1-2H3,(H,18,19);1-2H3/b7-3-,12-4+;. The molecule has 1 aromatic carbocycles. The first kappa shape index (κ1) is 16.9. The van der Waals surface area contributed by atoms with Gasteiger partial charge in [0.1, 0.15) is 5.69 Å². The molecule has 1 heterocycles. The predicted octanol–water partition coefficient (Wildman–Crippen LogP) is 4.40. The highest BCUT2D eigenvalue weighted by Gasteiger charge is 2.04. The van der Waals surface area contributed by atoms with Crippen molar-refractivity contribution in [2.24, 2.45) is 0 Å². The summed E-state index contributed by atoms with van der Waals surface area (Å²) in [6.45, 7) is 8.00. The fourth-order valence-electron chi connectivity index (χ4n) is 2.04. The van der Waals surface area contributed by atoms with Gasteiger partial charge in [0, 0.05) is 0 Å². The number of nitrogens with zero attached hydrogens (tertiary/aromatic N) is 1. The van der Waals surface area contributed by atoms with Gasteiger partial charge in [0.25, 0.3) is 5.56 Å². The normalized spacial score (nSPS) is 11.5.